The molecule has 3 heterocycles. The van der Waals surface area contributed by atoms with Crippen LogP contribution in [0.5, 0.6) is 0 Å². The van der Waals surface area contributed by atoms with E-state index in [4.69, 9.17) is 5.11 Å². The number of ketones is 1. The molecule has 3 aliphatic heterocycles. The molecule has 0 fully saturated rings. The van der Waals surface area contributed by atoms with Gasteiger partial charge >= 0.3 is 5.97 Å². The SMILES string of the molecule is CN1C(=CC2=C(NC(CS(=O)(=O)[O-])C(=O)NCCC(=O)NCC[NH+](C)CCCCCC(=O)O)C(=C3CCC[N+]4=C3C(C)(C)c3ccccc34)C2=O)C(C)(C)c2ccccc21. The predicted molar refractivity (Wildman–Crippen MR) is 228 cm³/mol. The molecule has 322 valence electrons. The number of hydrogen-bond acceptors (Lipinski definition) is 9. The van der Waals surface area contributed by atoms with Crippen LogP contribution in [0, 0.1) is 0 Å². The third-order valence-corrected chi connectivity index (χ3v) is 13.1. The smallest absolute Gasteiger partial charge is 0.303 e. The number of Topliss-reactive ketones (excluding diaryl/α,β-unsaturated/α-hetero) is 1. The number of anilines is 1. The summed E-state index contributed by atoms with van der Waals surface area (Å²) in [5.41, 5.74) is 6.99. The Morgan fingerprint density at radius 2 is 1.65 bits per heavy atom. The van der Waals surface area contributed by atoms with Crippen LogP contribution in [-0.4, -0.2) is 111 Å². The highest BCUT2D eigenvalue weighted by Crippen LogP contribution is 2.50. The predicted octanol–water partition coefficient (Wildman–Crippen LogP) is 2.59. The van der Waals surface area contributed by atoms with Crippen molar-refractivity contribution in [1.29, 1.82) is 0 Å². The van der Waals surface area contributed by atoms with Gasteiger partial charge in [-0.15, -0.1) is 0 Å². The van der Waals surface area contributed by atoms with Crippen molar-refractivity contribution >= 4 is 50.8 Å². The first-order chi connectivity index (χ1) is 28.3. The minimum Gasteiger partial charge on any atom is -0.748 e. The standard InChI is InChI=1S/C45H58N6O8S/c1-44(2)31-16-9-11-18-34(31)50(6)36(44)27-30-40(39(41(30)55)29-15-14-25-51-35-19-12-10-17-32(35)45(3,4)42(29)51)48-33(28-60(57,58)59)43(56)47-22-21-37(52)46-23-26-49(5)24-13-7-8-20-38(53)54/h9-12,16-19,27,33H,7-8,13-15,20-26,28H2,1-6H3,(H4-,46,47,48,52,53,54,55,56,57,58,59)/p+1. The van der Waals surface area contributed by atoms with E-state index < -0.39 is 44.6 Å². The van der Waals surface area contributed by atoms with E-state index >= 15 is 0 Å². The monoisotopic (exact) mass is 843 g/mol. The molecule has 5 N–H and O–H groups in total. The van der Waals surface area contributed by atoms with Gasteiger partial charge in [0.15, 0.2) is 11.5 Å². The quantitative estimate of drug-likeness (QED) is 0.0646. The Balaban J connectivity index is 1.25. The lowest BCUT2D eigenvalue weighted by atomic mass is 9.72. The maximum absolute atomic E-state index is 14.6. The van der Waals surface area contributed by atoms with Crippen molar-refractivity contribution in [2.75, 3.05) is 57.5 Å². The topological polar surface area (TPSA) is 192 Å². The Hall–Kier alpha value is -5.12. The lowest BCUT2D eigenvalue weighted by Crippen LogP contribution is -3.09. The van der Waals surface area contributed by atoms with Gasteiger partial charge in [-0.05, 0) is 57.2 Å². The normalized spacial score (nSPS) is 20.6. The summed E-state index contributed by atoms with van der Waals surface area (Å²) in [6.45, 7) is 11.0. The van der Waals surface area contributed by atoms with Crippen molar-refractivity contribution in [3.05, 3.63) is 93.8 Å². The van der Waals surface area contributed by atoms with E-state index in [2.05, 4.69) is 66.4 Å². The van der Waals surface area contributed by atoms with E-state index in [1.54, 1.807) is 0 Å². The molecule has 2 amide bonds. The average molecular weight is 844 g/mol. The maximum atomic E-state index is 14.6. The van der Waals surface area contributed by atoms with Crippen LogP contribution in [0.15, 0.2) is 82.7 Å². The zero-order valence-corrected chi connectivity index (χ0v) is 36.4. The zero-order valence-electron chi connectivity index (χ0n) is 35.6. The lowest BCUT2D eigenvalue weighted by Gasteiger charge is -2.34. The molecular formula is C45H59N6O8S+. The van der Waals surface area contributed by atoms with Crippen molar-refractivity contribution in [2.24, 2.45) is 0 Å². The minimum absolute atomic E-state index is 0.0730. The molecule has 0 spiro atoms. The van der Waals surface area contributed by atoms with E-state index in [9.17, 15) is 32.1 Å². The summed E-state index contributed by atoms with van der Waals surface area (Å²) in [7, 11) is -1.01. The van der Waals surface area contributed by atoms with Crippen LogP contribution in [0.25, 0.3) is 0 Å². The Labute approximate surface area is 353 Å². The summed E-state index contributed by atoms with van der Waals surface area (Å²) in [4.78, 5) is 55.1. The van der Waals surface area contributed by atoms with Gasteiger partial charge in [-0.25, -0.2) is 8.42 Å². The van der Waals surface area contributed by atoms with Crippen LogP contribution in [0.3, 0.4) is 0 Å². The molecule has 0 bridgehead atoms. The highest BCUT2D eigenvalue weighted by molar-refractivity contribution is 7.85. The van der Waals surface area contributed by atoms with Gasteiger partial charge in [-0.2, -0.15) is 4.58 Å². The number of carbonyl (C=O) groups excluding carboxylic acids is 3. The number of nitrogens with one attached hydrogen (secondary N) is 4. The number of carbonyl (C=O) groups is 4. The highest BCUT2D eigenvalue weighted by Gasteiger charge is 2.52. The number of hydrogen-bond donors (Lipinski definition) is 5. The fourth-order valence-electron chi connectivity index (χ4n) is 9.27. The number of rotatable bonds is 18. The van der Waals surface area contributed by atoms with E-state index in [0.29, 0.717) is 42.8 Å². The first-order valence-corrected chi connectivity index (χ1v) is 22.5. The van der Waals surface area contributed by atoms with Gasteiger partial charge < -0.3 is 35.4 Å². The fraction of sp³-hybridized carbons (Fsp3) is 0.489. The summed E-state index contributed by atoms with van der Waals surface area (Å²) in [6.07, 6.45) is 5.59. The number of aliphatic carboxylic acids is 1. The van der Waals surface area contributed by atoms with Gasteiger partial charge in [0.1, 0.15) is 12.6 Å². The number of amides is 2. The van der Waals surface area contributed by atoms with Crippen LogP contribution < -0.4 is 25.8 Å². The first kappa shape index (κ1) is 44.4. The molecule has 60 heavy (non-hydrogen) atoms. The molecule has 4 aliphatic rings. The molecule has 2 aromatic carbocycles. The van der Waals surface area contributed by atoms with Crippen molar-refractivity contribution in [3.8, 4) is 0 Å². The van der Waals surface area contributed by atoms with Crippen LogP contribution in [0.1, 0.15) is 83.8 Å². The molecule has 2 unspecified atom stereocenters. The number of allylic oxidation sites excluding steroid dienone is 5. The molecule has 6 rings (SSSR count). The first-order valence-electron chi connectivity index (χ1n) is 20.9. The van der Waals surface area contributed by atoms with Gasteiger partial charge in [-0.3, -0.25) is 19.2 Å². The molecule has 14 nitrogen and oxygen atoms in total. The van der Waals surface area contributed by atoms with Crippen molar-refractivity contribution < 1.29 is 46.7 Å². The number of quaternary nitrogens is 1. The van der Waals surface area contributed by atoms with Crippen LogP contribution in [-0.2, 0) is 40.1 Å². The summed E-state index contributed by atoms with van der Waals surface area (Å²) >= 11 is 0. The number of carboxylic acids is 1. The summed E-state index contributed by atoms with van der Waals surface area (Å²) in [5, 5.41) is 17.4. The molecule has 2 aromatic rings. The number of nitrogens with zero attached hydrogens (tertiary/aromatic N) is 2. The van der Waals surface area contributed by atoms with Crippen molar-refractivity contribution in [1.82, 2.24) is 16.0 Å². The molecule has 0 aromatic heterocycles. The van der Waals surface area contributed by atoms with Gasteiger partial charge in [0.25, 0.3) is 0 Å². The molecule has 0 saturated carbocycles. The van der Waals surface area contributed by atoms with Crippen LogP contribution >= 0.6 is 0 Å². The Bertz CT molecular complexity index is 2310. The second-order valence-electron chi connectivity index (χ2n) is 17.4. The third-order valence-electron chi connectivity index (χ3n) is 12.4. The Morgan fingerprint density at radius 3 is 2.35 bits per heavy atom. The number of likely N-dealkylation sites (N-methyl/N-ethyl adjacent to an activating group) is 2. The van der Waals surface area contributed by atoms with Gasteiger partial charge in [0, 0.05) is 72.4 Å². The van der Waals surface area contributed by atoms with E-state index in [-0.39, 0.29) is 31.1 Å². The van der Waals surface area contributed by atoms with Crippen LogP contribution in [0.2, 0.25) is 0 Å². The third kappa shape index (κ3) is 9.27. The molecule has 2 atom stereocenters. The van der Waals surface area contributed by atoms with Gasteiger partial charge in [0.2, 0.25) is 17.5 Å². The maximum Gasteiger partial charge on any atom is 0.303 e. The molecular weight excluding hydrogens is 785 g/mol. The molecule has 0 saturated heterocycles. The Morgan fingerprint density at radius 1 is 0.950 bits per heavy atom. The molecule has 1 aliphatic carbocycles. The average Bonchev–Trinajstić information content (AvgIpc) is 3.54. The van der Waals surface area contributed by atoms with Crippen molar-refractivity contribution in [2.45, 2.75) is 89.5 Å². The number of unbranched alkanes of at least 4 members (excludes halogenated alkanes) is 2. The van der Waals surface area contributed by atoms with Gasteiger partial charge in [0.05, 0.1) is 59.2 Å². The highest BCUT2D eigenvalue weighted by atomic mass is 32.2. The summed E-state index contributed by atoms with van der Waals surface area (Å²) in [5.74, 6) is -3.19. The largest absolute Gasteiger partial charge is 0.748 e. The second kappa shape index (κ2) is 17.8. The zero-order chi connectivity index (χ0) is 43.6. The fourth-order valence-corrected chi connectivity index (χ4v) is 9.91. The van der Waals surface area contributed by atoms with E-state index in [1.165, 1.54) is 4.90 Å². The summed E-state index contributed by atoms with van der Waals surface area (Å²) < 4.78 is 39.3. The van der Waals surface area contributed by atoms with Crippen LogP contribution in [0.4, 0.5) is 11.4 Å². The summed E-state index contributed by atoms with van der Waals surface area (Å²) in [6, 6.07) is 14.6. The molecule has 15 heteroatoms. The number of benzene rings is 2. The van der Waals surface area contributed by atoms with E-state index in [1.807, 2.05) is 55.4 Å². The van der Waals surface area contributed by atoms with Gasteiger partial charge in [-0.1, -0.05) is 50.2 Å². The Kier molecular flexibility index (Phi) is 13.2. The lowest BCUT2D eigenvalue weighted by molar-refractivity contribution is -0.878. The molecule has 0 radical (unpaired) electrons. The number of carboxylic acid groups (broad SMARTS) is 1. The second-order valence-corrected chi connectivity index (χ2v) is 18.9. The minimum atomic E-state index is -4.94. The number of para-hydroxylation sites is 2. The van der Waals surface area contributed by atoms with Crippen molar-refractivity contribution in [3.63, 3.8) is 0 Å². The number of fused-ring (bicyclic) bond motifs is 3. The van der Waals surface area contributed by atoms with E-state index in [0.717, 1.165) is 71.8 Å².